The smallest absolute Gasteiger partial charge is 0.256 e. The van der Waals surface area contributed by atoms with Gasteiger partial charge in [0.2, 0.25) is 11.7 Å². The van der Waals surface area contributed by atoms with E-state index >= 15 is 0 Å². The summed E-state index contributed by atoms with van der Waals surface area (Å²) in [5.74, 6) is 2.34. The third-order valence-electron chi connectivity index (χ3n) is 4.67. The van der Waals surface area contributed by atoms with Gasteiger partial charge in [0.15, 0.2) is 0 Å². The first-order valence-corrected chi connectivity index (χ1v) is 10.1. The molecule has 0 spiro atoms. The fourth-order valence-corrected chi connectivity index (χ4v) is 4.10. The second-order valence-electron chi connectivity index (χ2n) is 6.55. The van der Waals surface area contributed by atoms with Gasteiger partial charge in [-0.05, 0) is 49.6 Å². The first-order chi connectivity index (χ1) is 13.8. The molecule has 7 nitrogen and oxygen atoms in total. The molecule has 4 aromatic rings. The number of hydrogen-bond donors (Lipinski definition) is 0. The normalized spacial score (nSPS) is 16.7. The van der Waals surface area contributed by atoms with Crippen LogP contribution in [-0.4, -0.2) is 26.7 Å². The summed E-state index contributed by atoms with van der Waals surface area (Å²) in [4.78, 5) is 15.3. The number of thiophene rings is 1. The maximum Gasteiger partial charge on any atom is 0.256 e. The maximum atomic E-state index is 6.00. The summed E-state index contributed by atoms with van der Waals surface area (Å²) >= 11 is 1.67. The van der Waals surface area contributed by atoms with Crippen molar-refractivity contribution in [3.63, 3.8) is 0 Å². The molecule has 1 aliphatic rings. The number of ether oxygens (including phenoxy) is 2. The average molecular weight is 394 g/mol. The van der Waals surface area contributed by atoms with Crippen molar-refractivity contribution in [2.75, 3.05) is 6.61 Å². The van der Waals surface area contributed by atoms with Gasteiger partial charge in [0, 0.05) is 17.0 Å². The monoisotopic (exact) mass is 394 g/mol. The molecule has 0 N–H and O–H groups in total. The Balaban J connectivity index is 1.36. The van der Waals surface area contributed by atoms with Gasteiger partial charge in [-0.1, -0.05) is 12.1 Å². The SMILES string of the molecule is CCc1cc2c(Oc3ccc(-c4noc(C5CCCO5)n4)cc3)ncnc2s1. The van der Waals surface area contributed by atoms with Crippen molar-refractivity contribution in [2.24, 2.45) is 0 Å². The summed E-state index contributed by atoms with van der Waals surface area (Å²) in [5.41, 5.74) is 0.858. The van der Waals surface area contributed by atoms with E-state index in [0.717, 1.165) is 41.6 Å². The molecule has 1 aromatic carbocycles. The van der Waals surface area contributed by atoms with E-state index in [2.05, 4.69) is 33.1 Å². The van der Waals surface area contributed by atoms with Crippen LogP contribution >= 0.6 is 11.3 Å². The zero-order valence-corrected chi connectivity index (χ0v) is 16.1. The predicted molar refractivity (Wildman–Crippen MR) is 105 cm³/mol. The molecule has 142 valence electrons. The van der Waals surface area contributed by atoms with Crippen LogP contribution in [0.5, 0.6) is 11.6 Å². The zero-order chi connectivity index (χ0) is 18.9. The van der Waals surface area contributed by atoms with Crippen molar-refractivity contribution in [3.05, 3.63) is 47.4 Å². The minimum absolute atomic E-state index is 0.0809. The lowest BCUT2D eigenvalue weighted by atomic mass is 10.2. The molecule has 1 fully saturated rings. The van der Waals surface area contributed by atoms with Crippen molar-refractivity contribution in [1.29, 1.82) is 0 Å². The summed E-state index contributed by atoms with van der Waals surface area (Å²) in [6.45, 7) is 2.87. The van der Waals surface area contributed by atoms with E-state index in [0.29, 0.717) is 23.3 Å². The first kappa shape index (κ1) is 17.3. The number of aryl methyl sites for hydroxylation is 1. The molecule has 28 heavy (non-hydrogen) atoms. The van der Waals surface area contributed by atoms with Crippen LogP contribution in [0.3, 0.4) is 0 Å². The Kier molecular flexibility index (Phi) is 4.50. The minimum Gasteiger partial charge on any atom is -0.438 e. The molecule has 1 atom stereocenters. The van der Waals surface area contributed by atoms with Gasteiger partial charge in [-0.2, -0.15) is 4.98 Å². The summed E-state index contributed by atoms with van der Waals surface area (Å²) < 4.78 is 16.9. The fraction of sp³-hybridized carbons (Fsp3) is 0.300. The summed E-state index contributed by atoms with van der Waals surface area (Å²) in [5, 5.41) is 5.01. The largest absolute Gasteiger partial charge is 0.438 e. The summed E-state index contributed by atoms with van der Waals surface area (Å²) in [6, 6.07) is 9.65. The standard InChI is InChI=1S/C20H18N4O3S/c1-2-14-10-15-18(21-11-22-20(15)28-14)26-13-7-5-12(6-8-13)17-23-19(27-24-17)16-4-3-9-25-16/h5-8,10-11,16H,2-4,9H2,1H3. The number of benzene rings is 1. The Bertz CT molecular complexity index is 1100. The molecule has 3 aromatic heterocycles. The van der Waals surface area contributed by atoms with Gasteiger partial charge in [0.05, 0.1) is 5.39 Å². The highest BCUT2D eigenvalue weighted by atomic mass is 32.1. The molecular weight excluding hydrogens is 376 g/mol. The number of hydrogen-bond acceptors (Lipinski definition) is 8. The number of rotatable bonds is 5. The Hall–Kier alpha value is -2.84. The van der Waals surface area contributed by atoms with Gasteiger partial charge in [0.1, 0.15) is 23.0 Å². The van der Waals surface area contributed by atoms with Crippen LogP contribution in [0.2, 0.25) is 0 Å². The van der Waals surface area contributed by atoms with Gasteiger partial charge in [-0.25, -0.2) is 9.97 Å². The molecular formula is C20H18N4O3S. The second kappa shape index (κ2) is 7.29. The Labute approximate surface area is 165 Å². The van der Waals surface area contributed by atoms with Crippen molar-refractivity contribution in [1.82, 2.24) is 20.1 Å². The topological polar surface area (TPSA) is 83.2 Å². The van der Waals surface area contributed by atoms with Crippen molar-refractivity contribution < 1.29 is 14.0 Å². The zero-order valence-electron chi connectivity index (χ0n) is 15.3. The first-order valence-electron chi connectivity index (χ1n) is 9.27. The number of fused-ring (bicyclic) bond motifs is 1. The molecule has 0 amide bonds. The van der Waals surface area contributed by atoms with Crippen molar-refractivity contribution in [3.8, 4) is 23.0 Å². The number of aromatic nitrogens is 4. The van der Waals surface area contributed by atoms with Gasteiger partial charge < -0.3 is 14.0 Å². The van der Waals surface area contributed by atoms with Crippen LogP contribution < -0.4 is 4.74 Å². The lowest BCUT2D eigenvalue weighted by molar-refractivity contribution is 0.0835. The fourth-order valence-electron chi connectivity index (χ4n) is 3.18. The molecule has 0 aliphatic carbocycles. The van der Waals surface area contributed by atoms with Crippen LogP contribution in [0.1, 0.15) is 36.6 Å². The van der Waals surface area contributed by atoms with Crippen LogP contribution in [-0.2, 0) is 11.2 Å². The van der Waals surface area contributed by atoms with Gasteiger partial charge >= 0.3 is 0 Å². The Morgan fingerprint density at radius 3 is 2.89 bits per heavy atom. The summed E-state index contributed by atoms with van der Waals surface area (Å²) in [7, 11) is 0. The maximum absolute atomic E-state index is 6.00. The average Bonchev–Trinajstić information content (AvgIpc) is 3.47. The quantitative estimate of drug-likeness (QED) is 0.474. The van der Waals surface area contributed by atoms with E-state index in [9.17, 15) is 0 Å². The highest BCUT2D eigenvalue weighted by molar-refractivity contribution is 7.18. The highest BCUT2D eigenvalue weighted by Crippen LogP contribution is 2.33. The second-order valence-corrected chi connectivity index (χ2v) is 7.66. The van der Waals surface area contributed by atoms with Crippen molar-refractivity contribution in [2.45, 2.75) is 32.3 Å². The molecule has 1 unspecified atom stereocenters. The molecule has 0 saturated carbocycles. The van der Waals surface area contributed by atoms with Gasteiger partial charge in [-0.15, -0.1) is 11.3 Å². The van der Waals surface area contributed by atoms with Gasteiger partial charge in [0.25, 0.3) is 5.89 Å². The third-order valence-corrected chi connectivity index (χ3v) is 5.85. The van der Waals surface area contributed by atoms with E-state index < -0.39 is 0 Å². The van der Waals surface area contributed by atoms with E-state index in [4.69, 9.17) is 14.0 Å². The van der Waals surface area contributed by atoms with E-state index in [1.807, 2.05) is 24.3 Å². The Morgan fingerprint density at radius 2 is 2.11 bits per heavy atom. The molecule has 5 rings (SSSR count). The van der Waals surface area contributed by atoms with E-state index in [1.165, 1.54) is 11.2 Å². The van der Waals surface area contributed by atoms with Gasteiger partial charge in [-0.3, -0.25) is 0 Å². The lowest BCUT2D eigenvalue weighted by Crippen LogP contribution is -1.95. The van der Waals surface area contributed by atoms with Crippen LogP contribution in [0.15, 0.2) is 41.2 Å². The molecule has 0 bridgehead atoms. The van der Waals surface area contributed by atoms with Crippen LogP contribution in [0, 0.1) is 0 Å². The highest BCUT2D eigenvalue weighted by Gasteiger charge is 2.24. The minimum atomic E-state index is -0.0809. The van der Waals surface area contributed by atoms with E-state index in [-0.39, 0.29) is 6.10 Å². The lowest BCUT2D eigenvalue weighted by Gasteiger charge is -2.05. The molecule has 0 radical (unpaired) electrons. The van der Waals surface area contributed by atoms with Crippen molar-refractivity contribution >= 4 is 21.6 Å². The Morgan fingerprint density at radius 1 is 1.21 bits per heavy atom. The number of nitrogens with zero attached hydrogens (tertiary/aromatic N) is 4. The molecule has 4 heterocycles. The summed E-state index contributed by atoms with van der Waals surface area (Å²) in [6.07, 6.45) is 4.36. The van der Waals surface area contributed by atoms with Crippen LogP contribution in [0.25, 0.3) is 21.6 Å². The molecule has 1 aliphatic heterocycles. The van der Waals surface area contributed by atoms with Crippen LogP contribution in [0.4, 0.5) is 0 Å². The molecule has 1 saturated heterocycles. The van der Waals surface area contributed by atoms with E-state index in [1.54, 1.807) is 11.3 Å². The third kappa shape index (κ3) is 3.25. The predicted octanol–water partition coefficient (Wildman–Crippen LogP) is 4.95. The molecule has 8 heteroatoms.